The van der Waals surface area contributed by atoms with Gasteiger partial charge in [-0.1, -0.05) is 48.0 Å². The summed E-state index contributed by atoms with van der Waals surface area (Å²) >= 11 is 7.75. The summed E-state index contributed by atoms with van der Waals surface area (Å²) in [5, 5.41) is 5.80. The summed E-state index contributed by atoms with van der Waals surface area (Å²) < 4.78 is 5.39. The van der Waals surface area contributed by atoms with Gasteiger partial charge in [-0.2, -0.15) is 11.8 Å². The summed E-state index contributed by atoms with van der Waals surface area (Å²) in [6, 6.07) is 19.5. The Kier molecular flexibility index (Phi) is 6.42. The van der Waals surface area contributed by atoms with Crippen molar-refractivity contribution in [2.45, 2.75) is 5.75 Å². The zero-order valence-electron chi connectivity index (χ0n) is 14.5. The predicted molar refractivity (Wildman–Crippen MR) is 110 cm³/mol. The maximum Gasteiger partial charge on any atom is 0.255 e. The third-order valence-corrected chi connectivity index (χ3v) is 5.27. The first-order chi connectivity index (χ1) is 12.7. The molecule has 5 heteroatoms. The zero-order chi connectivity index (χ0) is 18.4. The number of rotatable bonds is 7. The average Bonchev–Trinajstić information content (AvgIpc) is 2.66. The summed E-state index contributed by atoms with van der Waals surface area (Å²) in [7, 11) is 1.59. The number of benzene rings is 3. The van der Waals surface area contributed by atoms with Gasteiger partial charge in [0.15, 0.2) is 0 Å². The number of carbonyl (C=O) groups is 1. The molecule has 0 bridgehead atoms. The number of carbonyl (C=O) groups excluding carboxylic acids is 1. The number of hydrogen-bond acceptors (Lipinski definition) is 3. The van der Waals surface area contributed by atoms with E-state index >= 15 is 0 Å². The normalized spacial score (nSPS) is 10.7. The Labute approximate surface area is 162 Å². The smallest absolute Gasteiger partial charge is 0.255 e. The van der Waals surface area contributed by atoms with Crippen LogP contribution in [-0.2, 0) is 5.75 Å². The summed E-state index contributed by atoms with van der Waals surface area (Å²) in [4.78, 5) is 12.5. The minimum absolute atomic E-state index is 0.115. The molecule has 0 spiro atoms. The lowest BCUT2D eigenvalue weighted by atomic mass is 10.1. The lowest BCUT2D eigenvalue weighted by Crippen LogP contribution is -2.26. The third kappa shape index (κ3) is 4.71. The first-order valence-corrected chi connectivity index (χ1v) is 9.88. The van der Waals surface area contributed by atoms with Crippen molar-refractivity contribution < 1.29 is 9.53 Å². The van der Waals surface area contributed by atoms with Crippen LogP contribution in [0.5, 0.6) is 5.75 Å². The van der Waals surface area contributed by atoms with Crippen LogP contribution in [-0.4, -0.2) is 25.3 Å². The van der Waals surface area contributed by atoms with E-state index < -0.39 is 0 Å². The van der Waals surface area contributed by atoms with Crippen LogP contribution in [0.4, 0.5) is 0 Å². The van der Waals surface area contributed by atoms with E-state index in [0.29, 0.717) is 17.9 Å². The molecule has 0 atom stereocenters. The van der Waals surface area contributed by atoms with E-state index in [2.05, 4.69) is 11.4 Å². The molecule has 3 rings (SSSR count). The van der Waals surface area contributed by atoms with Crippen molar-refractivity contribution in [2.75, 3.05) is 19.4 Å². The molecular formula is C21H20ClNO2S. The molecular weight excluding hydrogens is 366 g/mol. The Morgan fingerprint density at radius 2 is 1.85 bits per heavy atom. The highest BCUT2D eigenvalue weighted by molar-refractivity contribution is 7.98. The summed E-state index contributed by atoms with van der Waals surface area (Å²) in [6.45, 7) is 0.597. The number of fused-ring (bicyclic) bond motifs is 1. The van der Waals surface area contributed by atoms with E-state index in [0.717, 1.165) is 27.3 Å². The molecule has 26 heavy (non-hydrogen) atoms. The van der Waals surface area contributed by atoms with E-state index in [9.17, 15) is 4.79 Å². The van der Waals surface area contributed by atoms with Crippen molar-refractivity contribution in [3.05, 3.63) is 76.8 Å². The number of nitrogens with one attached hydrogen (secondary N) is 1. The second kappa shape index (κ2) is 8.97. The van der Waals surface area contributed by atoms with Gasteiger partial charge in [-0.3, -0.25) is 4.79 Å². The monoisotopic (exact) mass is 385 g/mol. The van der Waals surface area contributed by atoms with Crippen molar-refractivity contribution in [1.29, 1.82) is 0 Å². The van der Waals surface area contributed by atoms with Gasteiger partial charge in [0.1, 0.15) is 5.75 Å². The molecule has 1 N–H and O–H groups in total. The number of halogens is 1. The SMILES string of the molecule is COc1cc2ccccc2cc1C(=O)NCCSCc1cccc(Cl)c1. The first-order valence-electron chi connectivity index (χ1n) is 8.34. The third-order valence-electron chi connectivity index (χ3n) is 4.00. The van der Waals surface area contributed by atoms with Crippen molar-refractivity contribution in [2.24, 2.45) is 0 Å². The number of hydrogen-bond donors (Lipinski definition) is 1. The van der Waals surface area contributed by atoms with Gasteiger partial charge in [-0.05, 0) is 40.6 Å². The van der Waals surface area contributed by atoms with Crippen molar-refractivity contribution in [3.63, 3.8) is 0 Å². The van der Waals surface area contributed by atoms with Crippen LogP contribution in [0.1, 0.15) is 15.9 Å². The highest BCUT2D eigenvalue weighted by Gasteiger charge is 2.13. The van der Waals surface area contributed by atoms with Crippen LogP contribution in [0.25, 0.3) is 10.8 Å². The molecule has 0 aromatic heterocycles. The van der Waals surface area contributed by atoms with Gasteiger partial charge in [0, 0.05) is 23.1 Å². The maximum atomic E-state index is 12.5. The van der Waals surface area contributed by atoms with E-state index in [-0.39, 0.29) is 5.91 Å². The second-order valence-corrected chi connectivity index (χ2v) is 7.38. The Bertz CT molecular complexity index is 913. The van der Waals surface area contributed by atoms with Crippen LogP contribution in [0.2, 0.25) is 5.02 Å². The van der Waals surface area contributed by atoms with Crippen molar-refractivity contribution >= 4 is 40.0 Å². The molecule has 3 nitrogen and oxygen atoms in total. The lowest BCUT2D eigenvalue weighted by Gasteiger charge is -2.11. The molecule has 0 aliphatic rings. The van der Waals surface area contributed by atoms with Gasteiger partial charge in [-0.25, -0.2) is 0 Å². The number of thioether (sulfide) groups is 1. The molecule has 0 unspecified atom stereocenters. The van der Waals surface area contributed by atoms with Gasteiger partial charge in [0.05, 0.1) is 12.7 Å². The summed E-state index contributed by atoms with van der Waals surface area (Å²) in [5.41, 5.74) is 1.75. The molecule has 3 aromatic rings. The van der Waals surface area contributed by atoms with Crippen LogP contribution in [0.3, 0.4) is 0 Å². The Balaban J connectivity index is 1.55. The lowest BCUT2D eigenvalue weighted by molar-refractivity contribution is 0.0953. The van der Waals surface area contributed by atoms with E-state index in [1.807, 2.05) is 54.6 Å². The van der Waals surface area contributed by atoms with Crippen molar-refractivity contribution in [3.8, 4) is 5.75 Å². The molecule has 3 aromatic carbocycles. The average molecular weight is 386 g/mol. The molecule has 0 saturated carbocycles. The first kappa shape index (κ1) is 18.6. The van der Waals surface area contributed by atoms with Crippen molar-refractivity contribution in [1.82, 2.24) is 5.32 Å². The van der Waals surface area contributed by atoms with Crippen LogP contribution < -0.4 is 10.1 Å². The highest BCUT2D eigenvalue weighted by Crippen LogP contribution is 2.26. The topological polar surface area (TPSA) is 38.3 Å². The van der Waals surface area contributed by atoms with Gasteiger partial charge >= 0.3 is 0 Å². The van der Waals surface area contributed by atoms with Crippen LogP contribution in [0.15, 0.2) is 60.7 Å². The zero-order valence-corrected chi connectivity index (χ0v) is 16.1. The van der Waals surface area contributed by atoms with Gasteiger partial charge < -0.3 is 10.1 Å². The molecule has 0 radical (unpaired) electrons. The largest absolute Gasteiger partial charge is 0.496 e. The number of methoxy groups -OCH3 is 1. The Hall–Kier alpha value is -2.17. The fourth-order valence-electron chi connectivity index (χ4n) is 2.71. The minimum Gasteiger partial charge on any atom is -0.496 e. The van der Waals surface area contributed by atoms with Gasteiger partial charge in [0.25, 0.3) is 5.91 Å². The number of ether oxygens (including phenoxy) is 1. The fourth-order valence-corrected chi connectivity index (χ4v) is 3.73. The highest BCUT2D eigenvalue weighted by atomic mass is 35.5. The number of amides is 1. The molecule has 0 heterocycles. The van der Waals surface area contributed by atoms with E-state index in [1.165, 1.54) is 5.56 Å². The molecule has 1 amide bonds. The van der Waals surface area contributed by atoms with Crippen LogP contribution >= 0.6 is 23.4 Å². The maximum absolute atomic E-state index is 12.5. The molecule has 0 aliphatic carbocycles. The quantitative estimate of drug-likeness (QED) is 0.570. The van der Waals surface area contributed by atoms with Crippen LogP contribution in [0, 0.1) is 0 Å². The Morgan fingerprint density at radius 1 is 1.08 bits per heavy atom. The molecule has 0 aliphatic heterocycles. The fraction of sp³-hybridized carbons (Fsp3) is 0.190. The molecule has 0 saturated heterocycles. The molecule has 134 valence electrons. The molecule has 0 fully saturated rings. The Morgan fingerprint density at radius 3 is 2.58 bits per heavy atom. The summed E-state index contributed by atoms with van der Waals surface area (Å²) in [5.74, 6) is 2.17. The summed E-state index contributed by atoms with van der Waals surface area (Å²) in [6.07, 6.45) is 0. The standard InChI is InChI=1S/C21H20ClNO2S/c1-25-20-13-17-7-3-2-6-16(17)12-19(20)21(24)23-9-10-26-14-15-5-4-8-18(22)11-15/h2-8,11-13H,9-10,14H2,1H3,(H,23,24). The van der Waals surface area contributed by atoms with Gasteiger partial charge in [-0.15, -0.1) is 0 Å². The predicted octanol–water partition coefficient (Wildman–Crippen LogP) is 5.17. The minimum atomic E-state index is -0.115. The van der Waals surface area contributed by atoms with Gasteiger partial charge in [0.2, 0.25) is 0 Å². The van der Waals surface area contributed by atoms with E-state index in [1.54, 1.807) is 18.9 Å². The van der Waals surface area contributed by atoms with E-state index in [4.69, 9.17) is 16.3 Å². The second-order valence-electron chi connectivity index (χ2n) is 5.84.